The SMILES string of the molecule is CC=C(C)[SiH2]CCCCCCCC[Si](Cl)(Cl)Cl. The number of halogens is 3. The predicted octanol–water partition coefficient (Wildman–Crippen LogP) is 5.49. The first-order valence-corrected chi connectivity index (χ1v) is 13.6. The second kappa shape index (κ2) is 10.9. The fraction of sp³-hybridized carbons (Fsp3) is 0.833. The van der Waals surface area contributed by atoms with Crippen molar-refractivity contribution in [2.45, 2.75) is 64.5 Å². The van der Waals surface area contributed by atoms with Crippen LogP contribution in [0.15, 0.2) is 11.3 Å². The quantitative estimate of drug-likeness (QED) is 0.282. The molecule has 0 saturated heterocycles. The third kappa shape index (κ3) is 15.0. The van der Waals surface area contributed by atoms with E-state index in [4.69, 9.17) is 33.2 Å². The summed E-state index contributed by atoms with van der Waals surface area (Å²) in [7, 11) is 0.0875. The summed E-state index contributed by atoms with van der Waals surface area (Å²) in [5.74, 6) is 0. The lowest BCUT2D eigenvalue weighted by Crippen LogP contribution is -2.07. The van der Waals surface area contributed by atoms with E-state index < -0.39 is 6.00 Å². The minimum absolute atomic E-state index is 0.0875. The Bertz CT molecular complexity index is 212. The molecule has 0 nitrogen and oxygen atoms in total. The van der Waals surface area contributed by atoms with Crippen molar-refractivity contribution in [1.82, 2.24) is 0 Å². The van der Waals surface area contributed by atoms with Crippen LogP contribution in [0.4, 0.5) is 0 Å². The van der Waals surface area contributed by atoms with E-state index in [9.17, 15) is 0 Å². The highest BCUT2D eigenvalue weighted by Crippen LogP contribution is 2.27. The molecule has 0 spiro atoms. The summed E-state index contributed by atoms with van der Waals surface area (Å²) in [5, 5.41) is 1.65. The van der Waals surface area contributed by atoms with Gasteiger partial charge in [0.1, 0.15) is 0 Å². The van der Waals surface area contributed by atoms with E-state index in [0.717, 1.165) is 12.5 Å². The molecule has 0 bridgehead atoms. The minimum Gasteiger partial charge on any atom is -0.126 e. The smallest absolute Gasteiger partial charge is 0.126 e. The first kappa shape index (κ1) is 18.0. The van der Waals surface area contributed by atoms with Gasteiger partial charge in [-0.2, -0.15) is 0 Å². The molecule has 0 heterocycles. The van der Waals surface area contributed by atoms with Crippen molar-refractivity contribution in [3.05, 3.63) is 11.3 Å². The Labute approximate surface area is 124 Å². The van der Waals surface area contributed by atoms with Gasteiger partial charge in [0.2, 0.25) is 0 Å². The molecule has 0 aromatic rings. The maximum atomic E-state index is 5.83. The molecule has 0 aliphatic heterocycles. The maximum Gasteiger partial charge on any atom is 0.341 e. The second-order valence-electron chi connectivity index (χ2n) is 4.73. The molecule has 0 aromatic heterocycles. The third-order valence-electron chi connectivity index (χ3n) is 3.02. The Balaban J connectivity index is 3.14. The Morgan fingerprint density at radius 3 is 2.06 bits per heavy atom. The third-order valence-corrected chi connectivity index (χ3v) is 7.70. The van der Waals surface area contributed by atoms with Gasteiger partial charge in [-0.25, -0.2) is 0 Å². The topological polar surface area (TPSA) is 0 Å². The lowest BCUT2D eigenvalue weighted by atomic mass is 10.1. The molecule has 0 aromatic carbocycles. The normalized spacial score (nSPS) is 13.8. The van der Waals surface area contributed by atoms with Crippen LogP contribution in [0.2, 0.25) is 12.1 Å². The molecule has 0 saturated carbocycles. The van der Waals surface area contributed by atoms with Crippen LogP contribution in [0, 0.1) is 0 Å². The van der Waals surface area contributed by atoms with E-state index in [1.165, 1.54) is 38.1 Å². The molecule has 0 aliphatic rings. The van der Waals surface area contributed by atoms with Crippen molar-refractivity contribution in [2.75, 3.05) is 0 Å². The van der Waals surface area contributed by atoms with E-state index >= 15 is 0 Å². The van der Waals surface area contributed by atoms with E-state index in [2.05, 4.69) is 19.9 Å². The monoisotopic (exact) mass is 330 g/mol. The second-order valence-corrected chi connectivity index (χ2v) is 16.3. The molecule has 0 unspecified atom stereocenters. The standard InChI is InChI=1S/C12H25Cl3Si2/c1-3-12(2)16-10-8-6-4-5-7-9-11-17(13,14)15/h3H,4-11,16H2,1-2H3. The van der Waals surface area contributed by atoms with E-state index in [0.29, 0.717) is 0 Å². The molecule has 0 radical (unpaired) electrons. The van der Waals surface area contributed by atoms with Crippen molar-refractivity contribution >= 4 is 48.8 Å². The number of allylic oxidation sites excluding steroid dienone is 2. The van der Waals surface area contributed by atoms with Crippen molar-refractivity contribution < 1.29 is 0 Å². The summed E-state index contributed by atoms with van der Waals surface area (Å²) >= 11 is 17.5. The number of hydrogen-bond donors (Lipinski definition) is 0. The highest BCUT2D eigenvalue weighted by molar-refractivity contribution is 7.64. The molecular formula is C12H25Cl3Si2. The van der Waals surface area contributed by atoms with Crippen LogP contribution in [0.3, 0.4) is 0 Å². The zero-order chi connectivity index (χ0) is 13.1. The number of hydrogen-bond acceptors (Lipinski definition) is 0. The Kier molecular flexibility index (Phi) is 11.6. The zero-order valence-corrected chi connectivity index (χ0v) is 15.8. The molecule has 17 heavy (non-hydrogen) atoms. The van der Waals surface area contributed by atoms with Gasteiger partial charge in [-0.1, -0.05) is 55.8 Å². The van der Waals surface area contributed by atoms with Gasteiger partial charge in [0, 0.05) is 9.52 Å². The fourth-order valence-corrected chi connectivity index (χ4v) is 5.06. The molecule has 0 aliphatic carbocycles. The highest BCUT2D eigenvalue weighted by atomic mass is 35.8. The first-order valence-electron chi connectivity index (χ1n) is 6.64. The number of unbranched alkanes of at least 4 members (excludes halogenated alkanes) is 5. The van der Waals surface area contributed by atoms with Crippen molar-refractivity contribution in [1.29, 1.82) is 0 Å². The number of rotatable bonds is 10. The predicted molar refractivity (Wildman–Crippen MR) is 88.6 cm³/mol. The van der Waals surface area contributed by atoms with Gasteiger partial charge in [0.15, 0.2) is 0 Å². The summed E-state index contributed by atoms with van der Waals surface area (Å²) < 4.78 is 0. The summed E-state index contributed by atoms with van der Waals surface area (Å²) in [6.07, 6.45) is 10.0. The molecule has 0 rings (SSSR count). The van der Waals surface area contributed by atoms with Crippen LogP contribution in [0.25, 0.3) is 0 Å². The van der Waals surface area contributed by atoms with Crippen molar-refractivity contribution in [2.24, 2.45) is 0 Å². The van der Waals surface area contributed by atoms with Gasteiger partial charge < -0.3 is 0 Å². The summed E-state index contributed by atoms with van der Waals surface area (Å²) in [4.78, 5) is 0. The van der Waals surface area contributed by atoms with E-state index in [-0.39, 0.29) is 9.52 Å². The maximum absolute atomic E-state index is 5.83. The lowest BCUT2D eigenvalue weighted by Gasteiger charge is -2.06. The van der Waals surface area contributed by atoms with Crippen molar-refractivity contribution in [3.8, 4) is 0 Å². The molecule has 0 fully saturated rings. The van der Waals surface area contributed by atoms with Gasteiger partial charge in [0.25, 0.3) is 0 Å². The Hall–Kier alpha value is 1.04. The van der Waals surface area contributed by atoms with Crippen LogP contribution in [0.1, 0.15) is 52.4 Å². The van der Waals surface area contributed by atoms with E-state index in [1.807, 2.05) is 0 Å². The van der Waals surface area contributed by atoms with Crippen LogP contribution in [0.5, 0.6) is 0 Å². The molecule has 0 atom stereocenters. The van der Waals surface area contributed by atoms with Gasteiger partial charge in [0.05, 0.1) is 0 Å². The first-order chi connectivity index (χ1) is 7.95. The molecule has 0 amide bonds. The Morgan fingerprint density at radius 2 is 1.53 bits per heavy atom. The molecular weight excluding hydrogens is 307 g/mol. The lowest BCUT2D eigenvalue weighted by molar-refractivity contribution is 0.623. The van der Waals surface area contributed by atoms with Crippen LogP contribution in [-0.2, 0) is 0 Å². The molecule has 0 N–H and O–H groups in total. The van der Waals surface area contributed by atoms with Gasteiger partial charge in [-0.15, -0.1) is 33.2 Å². The van der Waals surface area contributed by atoms with Crippen LogP contribution < -0.4 is 0 Å². The fourth-order valence-electron chi connectivity index (χ4n) is 1.76. The molecule has 5 heteroatoms. The summed E-state index contributed by atoms with van der Waals surface area (Å²) in [5.41, 5.74) is 0. The van der Waals surface area contributed by atoms with Crippen LogP contribution >= 0.6 is 33.2 Å². The summed E-state index contributed by atoms with van der Waals surface area (Å²) in [6, 6.07) is -0.0453. The van der Waals surface area contributed by atoms with Crippen LogP contribution in [-0.4, -0.2) is 15.5 Å². The van der Waals surface area contributed by atoms with E-state index in [1.54, 1.807) is 5.20 Å². The average Bonchev–Trinajstić information content (AvgIpc) is 2.25. The largest absolute Gasteiger partial charge is 0.341 e. The van der Waals surface area contributed by atoms with Gasteiger partial charge >= 0.3 is 6.00 Å². The van der Waals surface area contributed by atoms with Gasteiger partial charge in [-0.05, 0) is 19.9 Å². The average molecular weight is 332 g/mol. The Morgan fingerprint density at radius 1 is 1.00 bits per heavy atom. The minimum atomic E-state index is -2.34. The molecule has 102 valence electrons. The summed E-state index contributed by atoms with van der Waals surface area (Å²) in [6.45, 7) is 4.42. The van der Waals surface area contributed by atoms with Gasteiger partial charge in [-0.3, -0.25) is 0 Å². The van der Waals surface area contributed by atoms with Crippen molar-refractivity contribution in [3.63, 3.8) is 0 Å². The zero-order valence-electron chi connectivity index (χ0n) is 11.1. The highest BCUT2D eigenvalue weighted by Gasteiger charge is 2.23.